The van der Waals surface area contributed by atoms with Gasteiger partial charge in [0.15, 0.2) is 0 Å². The molecule has 6 heteroatoms. The number of nitrogens with one attached hydrogen (secondary N) is 1. The third kappa shape index (κ3) is 5.15. The largest absolute Gasteiger partial charge is 0.389 e. The van der Waals surface area contributed by atoms with Crippen molar-refractivity contribution in [3.05, 3.63) is 35.4 Å². The van der Waals surface area contributed by atoms with Crippen molar-refractivity contribution in [2.45, 2.75) is 51.2 Å². The predicted octanol–water partition coefficient (Wildman–Crippen LogP) is 2.06. The van der Waals surface area contributed by atoms with Gasteiger partial charge in [-0.15, -0.1) is 0 Å². The van der Waals surface area contributed by atoms with E-state index in [4.69, 9.17) is 4.74 Å². The fourth-order valence-corrected chi connectivity index (χ4v) is 3.95. The first-order valence-electron chi connectivity index (χ1n) is 9.88. The molecule has 148 valence electrons. The number of hydrogen-bond donors (Lipinski definition) is 2. The molecule has 1 atom stereocenters. The SMILES string of the molecule is CC(C)(O)c1ccc(C(=O)OC(=O)C2CCCN(C3CCNCC3)C2)cc1. The van der Waals surface area contributed by atoms with Gasteiger partial charge >= 0.3 is 11.9 Å². The summed E-state index contributed by atoms with van der Waals surface area (Å²) >= 11 is 0. The van der Waals surface area contributed by atoms with Crippen LogP contribution in [0, 0.1) is 5.92 Å². The Morgan fingerprint density at radius 3 is 2.44 bits per heavy atom. The van der Waals surface area contributed by atoms with E-state index in [0.717, 1.165) is 45.3 Å². The van der Waals surface area contributed by atoms with Crippen molar-refractivity contribution in [2.24, 2.45) is 5.92 Å². The molecule has 2 heterocycles. The Balaban J connectivity index is 1.56. The number of piperidine rings is 2. The first-order valence-corrected chi connectivity index (χ1v) is 9.88. The molecule has 0 saturated carbocycles. The van der Waals surface area contributed by atoms with Gasteiger partial charge in [0.2, 0.25) is 0 Å². The highest BCUT2D eigenvalue weighted by Crippen LogP contribution is 2.24. The van der Waals surface area contributed by atoms with Gasteiger partial charge in [0.05, 0.1) is 17.1 Å². The lowest BCUT2D eigenvalue weighted by atomic mass is 9.94. The van der Waals surface area contributed by atoms with Gasteiger partial charge in [0.1, 0.15) is 0 Å². The van der Waals surface area contributed by atoms with Crippen molar-refractivity contribution >= 4 is 11.9 Å². The van der Waals surface area contributed by atoms with Gasteiger partial charge in [-0.2, -0.15) is 0 Å². The molecule has 3 rings (SSSR count). The van der Waals surface area contributed by atoms with Crippen LogP contribution in [0.5, 0.6) is 0 Å². The second-order valence-electron chi connectivity index (χ2n) is 8.16. The Morgan fingerprint density at radius 1 is 1.15 bits per heavy atom. The third-order valence-corrected chi connectivity index (χ3v) is 5.63. The number of nitrogens with zero attached hydrogens (tertiary/aromatic N) is 1. The van der Waals surface area contributed by atoms with Crippen LogP contribution in [0.15, 0.2) is 24.3 Å². The number of ether oxygens (including phenoxy) is 1. The molecular formula is C21H30N2O4. The normalized spacial score (nSPS) is 22.4. The number of likely N-dealkylation sites (tertiary alicyclic amines) is 1. The molecule has 0 bridgehead atoms. The lowest BCUT2D eigenvalue weighted by Crippen LogP contribution is -2.49. The van der Waals surface area contributed by atoms with Gasteiger partial charge in [-0.1, -0.05) is 12.1 Å². The first-order chi connectivity index (χ1) is 12.8. The van der Waals surface area contributed by atoms with E-state index in [2.05, 4.69) is 10.2 Å². The Kier molecular flexibility index (Phi) is 6.29. The summed E-state index contributed by atoms with van der Waals surface area (Å²) in [6.45, 7) is 7.10. The average molecular weight is 374 g/mol. The predicted molar refractivity (Wildman–Crippen MR) is 102 cm³/mol. The highest BCUT2D eigenvalue weighted by atomic mass is 16.6. The minimum absolute atomic E-state index is 0.242. The van der Waals surface area contributed by atoms with E-state index >= 15 is 0 Å². The quantitative estimate of drug-likeness (QED) is 0.620. The van der Waals surface area contributed by atoms with Crippen LogP contribution in [0.1, 0.15) is 55.5 Å². The average Bonchev–Trinajstić information content (AvgIpc) is 2.68. The van der Waals surface area contributed by atoms with Crippen molar-refractivity contribution < 1.29 is 19.4 Å². The van der Waals surface area contributed by atoms with Gasteiger partial charge in [0, 0.05) is 12.6 Å². The molecule has 2 aliphatic rings. The summed E-state index contributed by atoms with van der Waals surface area (Å²) in [6, 6.07) is 7.06. The summed E-state index contributed by atoms with van der Waals surface area (Å²) in [5.41, 5.74) is 0.0518. The molecule has 0 aromatic heterocycles. The van der Waals surface area contributed by atoms with Crippen molar-refractivity contribution in [2.75, 3.05) is 26.2 Å². The van der Waals surface area contributed by atoms with Crippen LogP contribution in [-0.4, -0.2) is 54.2 Å². The summed E-state index contributed by atoms with van der Waals surface area (Å²) in [5, 5.41) is 13.4. The van der Waals surface area contributed by atoms with E-state index in [-0.39, 0.29) is 5.92 Å². The van der Waals surface area contributed by atoms with E-state index in [1.54, 1.807) is 38.1 Å². The highest BCUT2D eigenvalue weighted by Gasteiger charge is 2.32. The number of rotatable bonds is 4. The summed E-state index contributed by atoms with van der Waals surface area (Å²) < 4.78 is 5.16. The molecule has 0 aliphatic carbocycles. The Bertz CT molecular complexity index is 660. The highest BCUT2D eigenvalue weighted by molar-refractivity contribution is 5.97. The Morgan fingerprint density at radius 2 is 1.81 bits per heavy atom. The fraction of sp³-hybridized carbons (Fsp3) is 0.619. The van der Waals surface area contributed by atoms with E-state index in [9.17, 15) is 14.7 Å². The zero-order valence-corrected chi connectivity index (χ0v) is 16.2. The van der Waals surface area contributed by atoms with Crippen molar-refractivity contribution in [1.29, 1.82) is 0 Å². The molecule has 0 spiro atoms. The number of carbonyl (C=O) groups excluding carboxylic acids is 2. The van der Waals surface area contributed by atoms with Gasteiger partial charge in [-0.25, -0.2) is 4.79 Å². The van der Waals surface area contributed by atoms with Crippen LogP contribution >= 0.6 is 0 Å². The summed E-state index contributed by atoms with van der Waals surface area (Å²) in [4.78, 5) is 27.2. The number of hydrogen-bond acceptors (Lipinski definition) is 6. The summed E-state index contributed by atoms with van der Waals surface area (Å²) in [6.07, 6.45) is 3.94. The second-order valence-corrected chi connectivity index (χ2v) is 8.16. The van der Waals surface area contributed by atoms with E-state index in [1.165, 1.54) is 0 Å². The molecule has 1 aromatic rings. The molecule has 27 heavy (non-hydrogen) atoms. The molecule has 2 fully saturated rings. The summed E-state index contributed by atoms with van der Waals surface area (Å²) in [5.74, 6) is -1.29. The van der Waals surface area contributed by atoms with E-state index in [0.29, 0.717) is 23.7 Å². The number of benzene rings is 1. The standard InChI is InChI=1S/C21H30N2O4/c1-21(2,26)17-7-5-15(6-8-17)19(24)27-20(25)16-4-3-13-23(14-16)18-9-11-22-12-10-18/h5-8,16,18,22,26H,3-4,9-14H2,1-2H3. The number of esters is 2. The van der Waals surface area contributed by atoms with Crippen LogP contribution in [0.2, 0.25) is 0 Å². The minimum atomic E-state index is -0.974. The van der Waals surface area contributed by atoms with Gasteiger partial charge in [-0.05, 0) is 76.9 Å². The Hall–Kier alpha value is -1.76. The monoisotopic (exact) mass is 374 g/mol. The molecular weight excluding hydrogens is 344 g/mol. The number of aliphatic hydroxyl groups is 1. The van der Waals surface area contributed by atoms with Gasteiger partial charge < -0.3 is 15.2 Å². The smallest absolute Gasteiger partial charge is 0.345 e. The molecule has 2 saturated heterocycles. The molecule has 0 amide bonds. The molecule has 1 aromatic carbocycles. The Labute approximate surface area is 160 Å². The molecule has 2 N–H and O–H groups in total. The lowest BCUT2D eigenvalue weighted by molar-refractivity contribution is -0.144. The zero-order valence-electron chi connectivity index (χ0n) is 16.2. The maximum absolute atomic E-state index is 12.5. The van der Waals surface area contributed by atoms with Crippen molar-refractivity contribution in [3.8, 4) is 0 Å². The topological polar surface area (TPSA) is 78.9 Å². The van der Waals surface area contributed by atoms with Crippen molar-refractivity contribution in [1.82, 2.24) is 10.2 Å². The molecule has 1 unspecified atom stereocenters. The molecule has 2 aliphatic heterocycles. The van der Waals surface area contributed by atoms with Gasteiger partial charge in [-0.3, -0.25) is 9.69 Å². The van der Waals surface area contributed by atoms with E-state index < -0.39 is 17.5 Å². The van der Waals surface area contributed by atoms with Crippen molar-refractivity contribution in [3.63, 3.8) is 0 Å². The van der Waals surface area contributed by atoms with Crippen LogP contribution in [0.25, 0.3) is 0 Å². The maximum Gasteiger partial charge on any atom is 0.345 e. The third-order valence-electron chi connectivity index (χ3n) is 5.63. The van der Waals surface area contributed by atoms with E-state index in [1.807, 2.05) is 0 Å². The zero-order chi connectivity index (χ0) is 19.4. The van der Waals surface area contributed by atoms with Crippen LogP contribution in [0.3, 0.4) is 0 Å². The molecule has 0 radical (unpaired) electrons. The van der Waals surface area contributed by atoms with Crippen LogP contribution in [-0.2, 0) is 15.1 Å². The maximum atomic E-state index is 12.5. The first kappa shape index (κ1) is 20.0. The van der Waals surface area contributed by atoms with Gasteiger partial charge in [0.25, 0.3) is 0 Å². The minimum Gasteiger partial charge on any atom is -0.389 e. The van der Waals surface area contributed by atoms with Crippen LogP contribution < -0.4 is 5.32 Å². The number of carbonyl (C=O) groups is 2. The lowest BCUT2D eigenvalue weighted by Gasteiger charge is -2.39. The second kappa shape index (κ2) is 8.50. The fourth-order valence-electron chi connectivity index (χ4n) is 3.95. The van der Waals surface area contributed by atoms with Crippen LogP contribution in [0.4, 0.5) is 0 Å². The summed E-state index contributed by atoms with van der Waals surface area (Å²) in [7, 11) is 0. The molecule has 6 nitrogen and oxygen atoms in total.